The number of rotatable bonds is 6. The fraction of sp³-hybridized carbons (Fsp3) is 0.250. The molecule has 0 aliphatic carbocycles. The number of hydrogen-bond acceptors (Lipinski definition) is 4. The van der Waals surface area contributed by atoms with Gasteiger partial charge in [0, 0.05) is 32.4 Å². The Balaban J connectivity index is 2.12. The molecule has 0 N–H and O–H groups in total. The average Bonchev–Trinajstić information content (AvgIpc) is 2.91. The highest BCUT2D eigenvalue weighted by atomic mass is 16.5. The highest BCUT2D eigenvalue weighted by Crippen LogP contribution is 2.17. The average molecular weight is 351 g/mol. The summed E-state index contributed by atoms with van der Waals surface area (Å²) in [6, 6.07) is 10.5. The van der Waals surface area contributed by atoms with Gasteiger partial charge in [0.15, 0.2) is 12.4 Å². The Bertz CT molecular complexity index is 902. The number of aromatic nitrogens is 1. The van der Waals surface area contributed by atoms with E-state index >= 15 is 0 Å². The van der Waals surface area contributed by atoms with Crippen LogP contribution >= 0.6 is 0 Å². The SMILES string of the molecule is Cc1c(C=CC(=O)c2cccc(OCC(=O)N(C)C)c2)cc(C#N)n1C. The van der Waals surface area contributed by atoms with E-state index in [9.17, 15) is 9.59 Å². The molecule has 6 nitrogen and oxygen atoms in total. The minimum atomic E-state index is -0.184. The van der Waals surface area contributed by atoms with Gasteiger partial charge in [-0.15, -0.1) is 0 Å². The molecule has 0 spiro atoms. The maximum atomic E-state index is 12.4. The third kappa shape index (κ3) is 4.39. The zero-order valence-corrected chi connectivity index (χ0v) is 15.3. The Morgan fingerprint density at radius 2 is 2.04 bits per heavy atom. The van der Waals surface area contributed by atoms with Crippen molar-refractivity contribution < 1.29 is 14.3 Å². The number of benzene rings is 1. The van der Waals surface area contributed by atoms with Crippen LogP contribution in [-0.4, -0.2) is 41.9 Å². The molecular weight excluding hydrogens is 330 g/mol. The molecule has 0 aliphatic rings. The van der Waals surface area contributed by atoms with Gasteiger partial charge in [0.05, 0.1) is 0 Å². The molecule has 0 saturated carbocycles. The number of allylic oxidation sites excluding steroid dienone is 1. The van der Waals surface area contributed by atoms with Crippen molar-refractivity contribution in [3.05, 3.63) is 58.9 Å². The lowest BCUT2D eigenvalue weighted by Gasteiger charge is -2.11. The molecular formula is C20H21N3O3. The number of likely N-dealkylation sites (N-methyl/N-ethyl adjacent to an activating group) is 1. The van der Waals surface area contributed by atoms with E-state index in [2.05, 4.69) is 6.07 Å². The number of nitrogens with zero attached hydrogens (tertiary/aromatic N) is 3. The van der Waals surface area contributed by atoms with Crippen molar-refractivity contribution in [3.8, 4) is 11.8 Å². The van der Waals surface area contributed by atoms with E-state index < -0.39 is 0 Å². The van der Waals surface area contributed by atoms with E-state index in [1.807, 2.05) is 14.0 Å². The summed E-state index contributed by atoms with van der Waals surface area (Å²) in [5, 5.41) is 9.06. The van der Waals surface area contributed by atoms with Crippen LogP contribution in [0.1, 0.15) is 27.3 Å². The summed E-state index contributed by atoms with van der Waals surface area (Å²) in [6.07, 6.45) is 3.16. The lowest BCUT2D eigenvalue weighted by atomic mass is 10.1. The number of ketones is 1. The van der Waals surface area contributed by atoms with Crippen LogP contribution in [0.25, 0.3) is 6.08 Å². The topological polar surface area (TPSA) is 75.3 Å². The van der Waals surface area contributed by atoms with E-state index in [1.54, 1.807) is 55.1 Å². The van der Waals surface area contributed by atoms with Crippen molar-refractivity contribution in [2.24, 2.45) is 7.05 Å². The molecule has 1 heterocycles. The second-order valence-corrected chi connectivity index (χ2v) is 6.04. The predicted octanol–water partition coefficient (Wildman–Crippen LogP) is 2.57. The van der Waals surface area contributed by atoms with Gasteiger partial charge in [0.1, 0.15) is 17.5 Å². The van der Waals surface area contributed by atoms with Gasteiger partial charge < -0.3 is 14.2 Å². The number of carbonyl (C=O) groups excluding carboxylic acids is 2. The Morgan fingerprint density at radius 3 is 2.65 bits per heavy atom. The molecule has 0 atom stereocenters. The number of carbonyl (C=O) groups is 2. The van der Waals surface area contributed by atoms with Gasteiger partial charge in [0.25, 0.3) is 5.91 Å². The lowest BCUT2D eigenvalue weighted by Crippen LogP contribution is -2.27. The van der Waals surface area contributed by atoms with Crippen LogP contribution in [0.3, 0.4) is 0 Å². The summed E-state index contributed by atoms with van der Waals surface area (Å²) in [7, 11) is 5.11. The van der Waals surface area contributed by atoms with Gasteiger partial charge in [0.2, 0.25) is 0 Å². The fourth-order valence-corrected chi connectivity index (χ4v) is 2.27. The van der Waals surface area contributed by atoms with Crippen molar-refractivity contribution >= 4 is 17.8 Å². The number of hydrogen-bond donors (Lipinski definition) is 0. The van der Waals surface area contributed by atoms with Crippen LogP contribution in [-0.2, 0) is 11.8 Å². The largest absolute Gasteiger partial charge is 0.484 e. The summed E-state index contributed by atoms with van der Waals surface area (Å²) >= 11 is 0. The van der Waals surface area contributed by atoms with Crippen LogP contribution in [0.15, 0.2) is 36.4 Å². The van der Waals surface area contributed by atoms with Crippen molar-refractivity contribution in [1.82, 2.24) is 9.47 Å². The Kier molecular flexibility index (Phi) is 5.97. The molecule has 0 bridgehead atoms. The summed E-state index contributed by atoms with van der Waals surface area (Å²) in [6.45, 7) is 1.81. The molecule has 1 aromatic heterocycles. The zero-order chi connectivity index (χ0) is 19.3. The van der Waals surface area contributed by atoms with Crippen molar-refractivity contribution in [2.75, 3.05) is 20.7 Å². The minimum Gasteiger partial charge on any atom is -0.484 e. The molecule has 0 unspecified atom stereocenters. The van der Waals surface area contributed by atoms with Gasteiger partial charge in [-0.25, -0.2) is 0 Å². The standard InChI is InChI=1S/C20H21N3O3/c1-14-15(10-17(12-21)23(14)4)8-9-19(24)16-6-5-7-18(11-16)26-13-20(25)22(2)3/h5-11H,13H2,1-4H3. The van der Waals surface area contributed by atoms with E-state index in [0.29, 0.717) is 17.0 Å². The first-order chi connectivity index (χ1) is 12.3. The highest BCUT2D eigenvalue weighted by molar-refractivity contribution is 6.07. The van der Waals surface area contributed by atoms with Gasteiger partial charge >= 0.3 is 0 Å². The summed E-state index contributed by atoms with van der Waals surface area (Å²) in [4.78, 5) is 25.4. The van der Waals surface area contributed by atoms with Crippen LogP contribution in [0, 0.1) is 18.3 Å². The van der Waals surface area contributed by atoms with Crippen molar-refractivity contribution in [2.45, 2.75) is 6.92 Å². The Morgan fingerprint density at radius 1 is 1.31 bits per heavy atom. The molecule has 0 fully saturated rings. The predicted molar refractivity (Wildman–Crippen MR) is 98.9 cm³/mol. The summed E-state index contributed by atoms with van der Waals surface area (Å²) in [5.41, 5.74) is 2.73. The second kappa shape index (κ2) is 8.17. The number of ether oxygens (including phenoxy) is 1. The van der Waals surface area contributed by atoms with Crippen LogP contribution < -0.4 is 4.74 Å². The number of amides is 1. The summed E-state index contributed by atoms with van der Waals surface area (Å²) < 4.78 is 7.21. The number of nitriles is 1. The van der Waals surface area contributed by atoms with Crippen molar-refractivity contribution in [3.63, 3.8) is 0 Å². The highest BCUT2D eigenvalue weighted by Gasteiger charge is 2.09. The first kappa shape index (κ1) is 19.0. The minimum absolute atomic E-state index is 0.0827. The van der Waals surface area contributed by atoms with Gasteiger partial charge in [-0.05, 0) is 42.8 Å². The molecule has 0 radical (unpaired) electrons. The van der Waals surface area contributed by atoms with Gasteiger partial charge in [-0.1, -0.05) is 12.1 Å². The van der Waals surface area contributed by atoms with Gasteiger partial charge in [-0.2, -0.15) is 5.26 Å². The van der Waals surface area contributed by atoms with E-state index in [0.717, 1.165) is 11.3 Å². The normalized spacial score (nSPS) is 10.6. The zero-order valence-electron chi connectivity index (χ0n) is 15.3. The fourth-order valence-electron chi connectivity index (χ4n) is 2.27. The van der Waals surface area contributed by atoms with Crippen LogP contribution in [0.2, 0.25) is 0 Å². The monoisotopic (exact) mass is 351 g/mol. The molecule has 134 valence electrons. The maximum Gasteiger partial charge on any atom is 0.259 e. The molecule has 0 aliphatic heterocycles. The molecule has 0 saturated heterocycles. The van der Waals surface area contributed by atoms with Gasteiger partial charge in [-0.3, -0.25) is 9.59 Å². The molecule has 1 aromatic carbocycles. The van der Waals surface area contributed by atoms with E-state index in [-0.39, 0.29) is 18.3 Å². The summed E-state index contributed by atoms with van der Waals surface area (Å²) in [5.74, 6) is 0.118. The lowest BCUT2D eigenvalue weighted by molar-refractivity contribution is -0.130. The molecule has 2 rings (SSSR count). The van der Waals surface area contributed by atoms with Crippen molar-refractivity contribution in [1.29, 1.82) is 5.26 Å². The molecule has 2 aromatic rings. The van der Waals surface area contributed by atoms with E-state index in [1.165, 1.54) is 11.0 Å². The first-order valence-corrected chi connectivity index (χ1v) is 8.05. The second-order valence-electron chi connectivity index (χ2n) is 6.04. The van der Waals surface area contributed by atoms with Crippen LogP contribution in [0.4, 0.5) is 0 Å². The maximum absolute atomic E-state index is 12.4. The quantitative estimate of drug-likeness (QED) is 0.592. The Labute approximate surface area is 152 Å². The molecule has 26 heavy (non-hydrogen) atoms. The molecule has 6 heteroatoms. The third-order valence-corrected chi connectivity index (χ3v) is 4.08. The molecule has 1 amide bonds. The third-order valence-electron chi connectivity index (χ3n) is 4.08. The Hall–Kier alpha value is -3.33. The smallest absolute Gasteiger partial charge is 0.259 e. The first-order valence-electron chi connectivity index (χ1n) is 8.05. The van der Waals surface area contributed by atoms with Crippen LogP contribution in [0.5, 0.6) is 5.75 Å². The van der Waals surface area contributed by atoms with E-state index in [4.69, 9.17) is 10.00 Å².